The van der Waals surface area contributed by atoms with Gasteiger partial charge in [0.1, 0.15) is 5.75 Å². The molecular formula is C23H21BrO4. The summed E-state index contributed by atoms with van der Waals surface area (Å²) in [6, 6.07) is 21.1. The summed E-state index contributed by atoms with van der Waals surface area (Å²) in [7, 11) is 3.18. The zero-order valence-corrected chi connectivity index (χ0v) is 17.4. The number of hydrogen-bond donors (Lipinski definition) is 0. The molecule has 0 atom stereocenters. The van der Waals surface area contributed by atoms with Gasteiger partial charge in [-0.05, 0) is 35.7 Å². The SMILES string of the molecule is COc1cc(Br)c(CCC(=O)Oc2ccccc2-c2ccccc2)cc1OC. The molecule has 144 valence electrons. The van der Waals surface area contributed by atoms with Crippen molar-refractivity contribution in [3.63, 3.8) is 0 Å². The monoisotopic (exact) mass is 440 g/mol. The van der Waals surface area contributed by atoms with E-state index in [4.69, 9.17) is 14.2 Å². The van der Waals surface area contributed by atoms with Crippen LogP contribution in [-0.2, 0) is 11.2 Å². The van der Waals surface area contributed by atoms with Gasteiger partial charge in [0, 0.05) is 10.0 Å². The van der Waals surface area contributed by atoms with E-state index in [1.807, 2.05) is 66.7 Å². The van der Waals surface area contributed by atoms with E-state index in [9.17, 15) is 4.79 Å². The summed E-state index contributed by atoms with van der Waals surface area (Å²) < 4.78 is 17.1. The maximum absolute atomic E-state index is 12.5. The van der Waals surface area contributed by atoms with E-state index in [1.54, 1.807) is 14.2 Å². The topological polar surface area (TPSA) is 44.8 Å². The molecule has 0 amide bonds. The molecule has 0 radical (unpaired) electrons. The quantitative estimate of drug-likeness (QED) is 0.350. The van der Waals surface area contributed by atoms with Crippen molar-refractivity contribution in [2.24, 2.45) is 0 Å². The van der Waals surface area contributed by atoms with Gasteiger partial charge in [-0.25, -0.2) is 0 Å². The molecule has 0 saturated carbocycles. The van der Waals surface area contributed by atoms with Crippen LogP contribution >= 0.6 is 15.9 Å². The van der Waals surface area contributed by atoms with Crippen molar-refractivity contribution in [1.82, 2.24) is 0 Å². The summed E-state index contributed by atoms with van der Waals surface area (Å²) >= 11 is 3.52. The molecule has 5 heteroatoms. The summed E-state index contributed by atoms with van der Waals surface area (Å²) in [5.41, 5.74) is 2.85. The minimum atomic E-state index is -0.287. The van der Waals surface area contributed by atoms with Gasteiger partial charge in [0.25, 0.3) is 0 Å². The summed E-state index contributed by atoms with van der Waals surface area (Å²) in [6.45, 7) is 0. The largest absolute Gasteiger partial charge is 0.493 e. The average Bonchev–Trinajstić information content (AvgIpc) is 2.73. The fourth-order valence-electron chi connectivity index (χ4n) is 2.91. The number of halogens is 1. The number of rotatable bonds is 7. The van der Waals surface area contributed by atoms with Crippen LogP contribution in [0.25, 0.3) is 11.1 Å². The molecule has 0 saturated heterocycles. The van der Waals surface area contributed by atoms with Crippen LogP contribution in [0.1, 0.15) is 12.0 Å². The predicted octanol–water partition coefficient (Wildman–Crippen LogP) is 5.67. The molecule has 0 aliphatic heterocycles. The summed E-state index contributed by atoms with van der Waals surface area (Å²) in [4.78, 5) is 12.5. The van der Waals surface area contributed by atoms with E-state index < -0.39 is 0 Å². The fourth-order valence-corrected chi connectivity index (χ4v) is 3.43. The predicted molar refractivity (Wildman–Crippen MR) is 113 cm³/mol. The Morgan fingerprint density at radius 2 is 1.50 bits per heavy atom. The first kappa shape index (κ1) is 20.0. The van der Waals surface area contributed by atoms with E-state index >= 15 is 0 Å². The average molecular weight is 441 g/mol. The van der Waals surface area contributed by atoms with Crippen LogP contribution in [-0.4, -0.2) is 20.2 Å². The van der Waals surface area contributed by atoms with Gasteiger partial charge in [-0.2, -0.15) is 0 Å². The maximum atomic E-state index is 12.5. The van der Waals surface area contributed by atoms with Crippen molar-refractivity contribution in [2.45, 2.75) is 12.8 Å². The van der Waals surface area contributed by atoms with E-state index in [2.05, 4.69) is 15.9 Å². The lowest BCUT2D eigenvalue weighted by molar-refractivity contribution is -0.134. The molecule has 4 nitrogen and oxygen atoms in total. The van der Waals surface area contributed by atoms with Crippen molar-refractivity contribution >= 4 is 21.9 Å². The van der Waals surface area contributed by atoms with Gasteiger partial charge in [-0.3, -0.25) is 4.79 Å². The molecule has 0 unspecified atom stereocenters. The number of carbonyl (C=O) groups is 1. The Bertz CT molecular complexity index is 954. The van der Waals surface area contributed by atoms with Gasteiger partial charge in [0.2, 0.25) is 0 Å². The normalized spacial score (nSPS) is 10.4. The van der Waals surface area contributed by atoms with Crippen molar-refractivity contribution in [3.8, 4) is 28.4 Å². The van der Waals surface area contributed by atoms with E-state index in [-0.39, 0.29) is 12.4 Å². The van der Waals surface area contributed by atoms with Crippen LogP contribution in [0, 0.1) is 0 Å². The number of methoxy groups -OCH3 is 2. The Hall–Kier alpha value is -2.79. The molecule has 0 N–H and O–H groups in total. The highest BCUT2D eigenvalue weighted by Gasteiger charge is 2.14. The number of esters is 1. The third-order valence-corrected chi connectivity index (χ3v) is 5.08. The van der Waals surface area contributed by atoms with Gasteiger partial charge < -0.3 is 14.2 Å². The molecule has 0 aliphatic rings. The minimum absolute atomic E-state index is 0.247. The molecule has 3 aromatic rings. The second-order valence-electron chi connectivity index (χ2n) is 6.13. The Kier molecular flexibility index (Phi) is 6.71. The van der Waals surface area contributed by atoms with E-state index in [0.717, 1.165) is 21.2 Å². The first-order valence-electron chi connectivity index (χ1n) is 8.88. The number of benzene rings is 3. The van der Waals surface area contributed by atoms with Gasteiger partial charge in [0.05, 0.1) is 20.6 Å². The van der Waals surface area contributed by atoms with Crippen molar-refractivity contribution in [3.05, 3.63) is 76.8 Å². The summed E-state index contributed by atoms with van der Waals surface area (Å²) in [5, 5.41) is 0. The molecule has 0 spiro atoms. The van der Waals surface area contributed by atoms with Gasteiger partial charge in [-0.1, -0.05) is 64.5 Å². The van der Waals surface area contributed by atoms with Crippen LogP contribution in [0.15, 0.2) is 71.2 Å². The second-order valence-corrected chi connectivity index (χ2v) is 6.99. The molecule has 3 rings (SSSR count). The Labute approximate surface area is 173 Å². The molecule has 28 heavy (non-hydrogen) atoms. The summed E-state index contributed by atoms with van der Waals surface area (Å²) in [5.74, 6) is 1.54. The van der Waals surface area contributed by atoms with Gasteiger partial charge in [-0.15, -0.1) is 0 Å². The Morgan fingerprint density at radius 3 is 2.21 bits per heavy atom. The van der Waals surface area contributed by atoms with Crippen molar-refractivity contribution in [2.75, 3.05) is 14.2 Å². The van der Waals surface area contributed by atoms with Crippen LogP contribution in [0.3, 0.4) is 0 Å². The van der Waals surface area contributed by atoms with Crippen LogP contribution in [0.2, 0.25) is 0 Å². The lowest BCUT2D eigenvalue weighted by Crippen LogP contribution is -2.10. The highest BCUT2D eigenvalue weighted by atomic mass is 79.9. The lowest BCUT2D eigenvalue weighted by atomic mass is 10.0. The number of carbonyl (C=O) groups excluding carboxylic acids is 1. The number of para-hydroxylation sites is 1. The third-order valence-electron chi connectivity index (χ3n) is 4.35. The lowest BCUT2D eigenvalue weighted by Gasteiger charge is -2.13. The Balaban J connectivity index is 1.71. The second kappa shape index (κ2) is 9.42. The fraction of sp³-hybridized carbons (Fsp3) is 0.174. The van der Waals surface area contributed by atoms with Crippen LogP contribution < -0.4 is 14.2 Å². The molecule has 0 fully saturated rings. The summed E-state index contributed by atoms with van der Waals surface area (Å²) in [6.07, 6.45) is 0.768. The zero-order valence-electron chi connectivity index (χ0n) is 15.8. The molecule has 3 aromatic carbocycles. The third kappa shape index (κ3) is 4.73. The van der Waals surface area contributed by atoms with Gasteiger partial charge >= 0.3 is 5.97 Å². The zero-order chi connectivity index (χ0) is 19.9. The van der Waals surface area contributed by atoms with Crippen molar-refractivity contribution in [1.29, 1.82) is 0 Å². The molecule has 0 heterocycles. The standard InChI is InChI=1S/C23H21BrO4/c1-26-21-14-17(19(24)15-22(21)27-2)12-13-23(25)28-20-11-7-6-10-18(20)16-8-4-3-5-9-16/h3-11,14-15H,12-13H2,1-2H3. The number of hydrogen-bond acceptors (Lipinski definition) is 4. The molecule has 0 aliphatic carbocycles. The number of ether oxygens (including phenoxy) is 3. The maximum Gasteiger partial charge on any atom is 0.311 e. The van der Waals surface area contributed by atoms with Crippen LogP contribution in [0.4, 0.5) is 0 Å². The Morgan fingerprint density at radius 1 is 0.857 bits per heavy atom. The van der Waals surface area contributed by atoms with E-state index in [0.29, 0.717) is 23.7 Å². The molecule has 0 bridgehead atoms. The van der Waals surface area contributed by atoms with E-state index in [1.165, 1.54) is 0 Å². The smallest absolute Gasteiger partial charge is 0.311 e. The highest BCUT2D eigenvalue weighted by Crippen LogP contribution is 2.34. The van der Waals surface area contributed by atoms with Gasteiger partial charge in [0.15, 0.2) is 11.5 Å². The van der Waals surface area contributed by atoms with Crippen LogP contribution in [0.5, 0.6) is 17.2 Å². The minimum Gasteiger partial charge on any atom is -0.493 e. The first-order chi connectivity index (χ1) is 13.6. The highest BCUT2D eigenvalue weighted by molar-refractivity contribution is 9.10. The molecule has 0 aromatic heterocycles. The molecular weight excluding hydrogens is 420 g/mol. The first-order valence-corrected chi connectivity index (χ1v) is 9.67. The van der Waals surface area contributed by atoms with Crippen molar-refractivity contribution < 1.29 is 19.0 Å². The number of aryl methyl sites for hydroxylation is 1.